The summed E-state index contributed by atoms with van der Waals surface area (Å²) in [6, 6.07) is 15.1. The van der Waals surface area contributed by atoms with Gasteiger partial charge >= 0.3 is 0 Å². The number of anilines is 1. The SMILES string of the molecule is CN(C)CCOc1ccc(NCc2ccc(O)cc2)cc1. The highest BCUT2D eigenvalue weighted by Crippen LogP contribution is 2.17. The van der Waals surface area contributed by atoms with Crippen LogP contribution >= 0.6 is 0 Å². The quantitative estimate of drug-likeness (QED) is 0.821. The van der Waals surface area contributed by atoms with Crippen LogP contribution in [0.2, 0.25) is 0 Å². The molecule has 0 fully saturated rings. The van der Waals surface area contributed by atoms with Gasteiger partial charge in [-0.2, -0.15) is 0 Å². The molecular weight excluding hydrogens is 264 g/mol. The molecule has 2 aromatic rings. The minimum Gasteiger partial charge on any atom is -0.508 e. The van der Waals surface area contributed by atoms with E-state index in [9.17, 15) is 5.11 Å². The molecular formula is C17H22N2O2. The Bertz CT molecular complexity index is 536. The summed E-state index contributed by atoms with van der Waals surface area (Å²) in [6.45, 7) is 2.31. The number of aromatic hydroxyl groups is 1. The summed E-state index contributed by atoms with van der Waals surface area (Å²) in [5, 5.41) is 12.6. The first kappa shape index (κ1) is 15.2. The first-order valence-corrected chi connectivity index (χ1v) is 7.03. The summed E-state index contributed by atoms with van der Waals surface area (Å²) in [5.41, 5.74) is 2.17. The van der Waals surface area contributed by atoms with Gasteiger partial charge in [0.15, 0.2) is 0 Å². The molecule has 0 heterocycles. The molecule has 2 rings (SSSR count). The zero-order chi connectivity index (χ0) is 15.1. The smallest absolute Gasteiger partial charge is 0.119 e. The molecule has 2 N–H and O–H groups in total. The van der Waals surface area contributed by atoms with E-state index in [-0.39, 0.29) is 5.75 Å². The van der Waals surface area contributed by atoms with Crippen LogP contribution in [0, 0.1) is 0 Å². The molecule has 0 saturated carbocycles. The largest absolute Gasteiger partial charge is 0.508 e. The molecule has 0 unspecified atom stereocenters. The number of nitrogens with zero attached hydrogens (tertiary/aromatic N) is 1. The van der Waals surface area contributed by atoms with Crippen molar-refractivity contribution in [3.63, 3.8) is 0 Å². The Balaban J connectivity index is 1.80. The summed E-state index contributed by atoms with van der Waals surface area (Å²) in [7, 11) is 4.05. The van der Waals surface area contributed by atoms with Crippen molar-refractivity contribution >= 4 is 5.69 Å². The lowest BCUT2D eigenvalue weighted by Gasteiger charge is -2.12. The average Bonchev–Trinajstić information content (AvgIpc) is 2.48. The third-order valence-electron chi connectivity index (χ3n) is 3.09. The Morgan fingerprint density at radius 1 is 1.00 bits per heavy atom. The second-order valence-corrected chi connectivity index (χ2v) is 5.20. The standard InChI is InChI=1S/C17H22N2O2/c1-19(2)11-12-21-17-9-5-15(6-10-17)18-13-14-3-7-16(20)8-4-14/h3-10,18,20H,11-13H2,1-2H3. The molecule has 112 valence electrons. The van der Waals surface area contributed by atoms with Gasteiger partial charge in [0, 0.05) is 18.8 Å². The van der Waals surface area contributed by atoms with Crippen molar-refractivity contribution in [2.75, 3.05) is 32.6 Å². The fourth-order valence-corrected chi connectivity index (χ4v) is 1.83. The fourth-order valence-electron chi connectivity index (χ4n) is 1.83. The number of hydrogen-bond donors (Lipinski definition) is 2. The molecule has 0 aliphatic rings. The van der Waals surface area contributed by atoms with Crippen molar-refractivity contribution in [3.05, 3.63) is 54.1 Å². The maximum Gasteiger partial charge on any atom is 0.119 e. The highest BCUT2D eigenvalue weighted by atomic mass is 16.5. The lowest BCUT2D eigenvalue weighted by molar-refractivity contribution is 0.261. The Hall–Kier alpha value is -2.20. The minimum absolute atomic E-state index is 0.290. The molecule has 0 aliphatic carbocycles. The molecule has 0 aliphatic heterocycles. The third kappa shape index (κ3) is 5.36. The van der Waals surface area contributed by atoms with Gasteiger partial charge in [0.1, 0.15) is 18.1 Å². The van der Waals surface area contributed by atoms with Gasteiger partial charge in [-0.1, -0.05) is 12.1 Å². The number of phenols is 1. The van der Waals surface area contributed by atoms with Gasteiger partial charge in [-0.3, -0.25) is 0 Å². The molecule has 0 radical (unpaired) electrons. The summed E-state index contributed by atoms with van der Waals surface area (Å²) < 4.78 is 5.65. The zero-order valence-electron chi connectivity index (χ0n) is 12.5. The van der Waals surface area contributed by atoms with Crippen LogP contribution in [0.5, 0.6) is 11.5 Å². The number of nitrogens with one attached hydrogen (secondary N) is 1. The van der Waals surface area contributed by atoms with E-state index in [0.29, 0.717) is 6.61 Å². The topological polar surface area (TPSA) is 44.7 Å². The van der Waals surface area contributed by atoms with E-state index in [1.54, 1.807) is 12.1 Å². The maximum atomic E-state index is 9.24. The molecule has 0 bridgehead atoms. The number of rotatable bonds is 7. The van der Waals surface area contributed by atoms with E-state index in [1.807, 2.05) is 50.5 Å². The maximum absolute atomic E-state index is 9.24. The second kappa shape index (κ2) is 7.55. The molecule has 4 heteroatoms. The Morgan fingerprint density at radius 2 is 1.67 bits per heavy atom. The zero-order valence-corrected chi connectivity index (χ0v) is 12.5. The van der Waals surface area contributed by atoms with Gasteiger partial charge in [0.05, 0.1) is 0 Å². The van der Waals surface area contributed by atoms with Crippen LogP contribution in [-0.4, -0.2) is 37.3 Å². The molecule has 21 heavy (non-hydrogen) atoms. The van der Waals surface area contributed by atoms with Crippen LogP contribution in [0.4, 0.5) is 5.69 Å². The van der Waals surface area contributed by atoms with Crippen molar-refractivity contribution in [2.24, 2.45) is 0 Å². The van der Waals surface area contributed by atoms with Crippen molar-refractivity contribution in [1.82, 2.24) is 4.90 Å². The molecule has 0 saturated heterocycles. The molecule has 0 aromatic heterocycles. The van der Waals surface area contributed by atoms with E-state index in [2.05, 4.69) is 10.2 Å². The Morgan fingerprint density at radius 3 is 2.29 bits per heavy atom. The summed E-state index contributed by atoms with van der Waals surface area (Å²) >= 11 is 0. The lowest BCUT2D eigenvalue weighted by atomic mass is 10.2. The lowest BCUT2D eigenvalue weighted by Crippen LogP contribution is -2.19. The number of hydrogen-bond acceptors (Lipinski definition) is 4. The summed E-state index contributed by atoms with van der Waals surface area (Å²) in [4.78, 5) is 2.09. The number of benzene rings is 2. The Labute approximate surface area is 126 Å². The van der Waals surface area contributed by atoms with Crippen molar-refractivity contribution in [2.45, 2.75) is 6.54 Å². The van der Waals surface area contributed by atoms with Gasteiger partial charge in [0.25, 0.3) is 0 Å². The minimum atomic E-state index is 0.290. The first-order valence-electron chi connectivity index (χ1n) is 7.03. The van der Waals surface area contributed by atoms with Crippen molar-refractivity contribution in [1.29, 1.82) is 0 Å². The van der Waals surface area contributed by atoms with E-state index in [4.69, 9.17) is 4.74 Å². The molecule has 0 amide bonds. The van der Waals surface area contributed by atoms with Crippen LogP contribution in [0.1, 0.15) is 5.56 Å². The average molecular weight is 286 g/mol. The molecule has 2 aromatic carbocycles. The van der Waals surface area contributed by atoms with Gasteiger partial charge in [-0.15, -0.1) is 0 Å². The van der Waals surface area contributed by atoms with Crippen LogP contribution in [0.25, 0.3) is 0 Å². The van der Waals surface area contributed by atoms with E-state index >= 15 is 0 Å². The summed E-state index contributed by atoms with van der Waals surface area (Å²) in [5.74, 6) is 1.17. The predicted molar refractivity (Wildman–Crippen MR) is 85.9 cm³/mol. The number of phenolic OH excluding ortho intramolecular Hbond substituents is 1. The second-order valence-electron chi connectivity index (χ2n) is 5.20. The normalized spacial score (nSPS) is 10.6. The third-order valence-corrected chi connectivity index (χ3v) is 3.09. The first-order chi connectivity index (χ1) is 10.1. The number of likely N-dealkylation sites (N-methyl/N-ethyl adjacent to an activating group) is 1. The van der Waals surface area contributed by atoms with Crippen LogP contribution in [-0.2, 0) is 6.54 Å². The van der Waals surface area contributed by atoms with Crippen molar-refractivity contribution in [3.8, 4) is 11.5 Å². The van der Waals surface area contributed by atoms with Crippen molar-refractivity contribution < 1.29 is 9.84 Å². The highest BCUT2D eigenvalue weighted by Gasteiger charge is 1.97. The van der Waals surface area contributed by atoms with Gasteiger partial charge < -0.3 is 20.1 Å². The van der Waals surface area contributed by atoms with Crippen LogP contribution in [0.3, 0.4) is 0 Å². The van der Waals surface area contributed by atoms with Gasteiger partial charge in [-0.25, -0.2) is 0 Å². The molecule has 0 spiro atoms. The van der Waals surface area contributed by atoms with E-state index < -0.39 is 0 Å². The molecule has 0 atom stereocenters. The Kier molecular flexibility index (Phi) is 5.46. The monoisotopic (exact) mass is 286 g/mol. The van der Waals surface area contributed by atoms with Gasteiger partial charge in [-0.05, 0) is 56.1 Å². The summed E-state index contributed by atoms with van der Waals surface area (Å²) in [6.07, 6.45) is 0. The van der Waals surface area contributed by atoms with Crippen LogP contribution < -0.4 is 10.1 Å². The highest BCUT2D eigenvalue weighted by molar-refractivity contribution is 5.47. The van der Waals surface area contributed by atoms with Gasteiger partial charge in [0.2, 0.25) is 0 Å². The van der Waals surface area contributed by atoms with E-state index in [1.165, 1.54) is 0 Å². The molecule has 4 nitrogen and oxygen atoms in total. The predicted octanol–water partition coefficient (Wildman–Crippen LogP) is 2.94. The number of ether oxygens (including phenoxy) is 1. The fraction of sp³-hybridized carbons (Fsp3) is 0.294. The van der Waals surface area contributed by atoms with E-state index in [0.717, 1.165) is 30.1 Å². The van der Waals surface area contributed by atoms with Crippen LogP contribution in [0.15, 0.2) is 48.5 Å².